The molecule has 2 bridgehead atoms. The third-order valence-electron chi connectivity index (χ3n) is 6.19. The maximum Gasteiger partial charge on any atom is 0.328 e. The van der Waals surface area contributed by atoms with Crippen LogP contribution in [0.1, 0.15) is 23.1 Å². The third-order valence-corrected chi connectivity index (χ3v) is 8.03. The monoisotopic (exact) mass is 524 g/mol. The second kappa shape index (κ2) is 9.46. The summed E-state index contributed by atoms with van der Waals surface area (Å²) in [5.74, 6) is -0.801. The van der Waals surface area contributed by atoms with E-state index in [1.165, 1.54) is 18.2 Å². The first kappa shape index (κ1) is 24.1. The number of hydrogen-bond acceptors (Lipinski definition) is 6. The number of carboxylic acid groups (broad SMARTS) is 1. The molecule has 36 heavy (non-hydrogen) atoms. The van der Waals surface area contributed by atoms with Gasteiger partial charge in [0, 0.05) is 23.6 Å². The molecule has 2 aliphatic heterocycles. The van der Waals surface area contributed by atoms with Gasteiger partial charge in [-0.05, 0) is 58.2 Å². The molecule has 0 spiro atoms. The van der Waals surface area contributed by atoms with Gasteiger partial charge in [0.2, 0.25) is 0 Å². The normalized spacial score (nSPS) is 21.3. The highest BCUT2D eigenvalue weighted by Crippen LogP contribution is 2.51. The maximum atomic E-state index is 13.3. The van der Waals surface area contributed by atoms with E-state index in [0.29, 0.717) is 16.2 Å². The van der Waals surface area contributed by atoms with Crippen LogP contribution in [0.3, 0.4) is 0 Å². The number of phenolic OH excluding ortho intramolecular Hbond substituents is 1. The number of fused-ring (bicyclic) bond motifs is 2. The number of ether oxygens (including phenoxy) is 1. The van der Waals surface area contributed by atoms with Crippen LogP contribution in [-0.2, 0) is 19.6 Å². The average Bonchev–Trinajstić information content (AvgIpc) is 3.43. The van der Waals surface area contributed by atoms with Crippen molar-refractivity contribution in [3.05, 3.63) is 101 Å². The molecule has 0 aliphatic carbocycles. The minimum atomic E-state index is -4.07. The second-order valence-electron chi connectivity index (χ2n) is 8.52. The molecule has 0 saturated carbocycles. The number of carbonyl (C=O) groups is 1. The van der Waals surface area contributed by atoms with E-state index in [9.17, 15) is 18.3 Å². The van der Waals surface area contributed by atoms with Crippen LogP contribution in [0.15, 0.2) is 78.9 Å². The van der Waals surface area contributed by atoms with Crippen molar-refractivity contribution in [2.24, 2.45) is 0 Å². The first-order valence-corrected chi connectivity index (χ1v) is 13.0. The standard InChI is InChI=1S/C27H21ClO7S/c28-19-2-1-3-21(14-19)35-36(32,33)23-15-22-25(17-9-11-20(29)12-10-17)26(27(23)34-22)18-7-4-16(5-8-18)6-13-24(30)31/h1-14,22-23,27,29H,15H2,(H,30,31)/t22-,23+,27+/m0/s1. The SMILES string of the molecule is O=C(O)C=Cc1ccc(C2=C(c3ccc(O)cc3)[C@@H]3C[C@@H](S(=O)(=O)Oc4cccc(Cl)c4)[C@H]2O3)cc1. The van der Waals surface area contributed by atoms with Gasteiger partial charge in [-0.3, -0.25) is 0 Å². The van der Waals surface area contributed by atoms with Crippen molar-refractivity contribution in [3.8, 4) is 11.5 Å². The summed E-state index contributed by atoms with van der Waals surface area (Å²) in [6.45, 7) is 0. The van der Waals surface area contributed by atoms with Crippen LogP contribution in [-0.4, -0.2) is 42.1 Å². The summed E-state index contributed by atoms with van der Waals surface area (Å²) in [7, 11) is -4.07. The molecule has 5 rings (SSSR count). The van der Waals surface area contributed by atoms with Gasteiger partial charge in [-0.2, -0.15) is 8.42 Å². The van der Waals surface area contributed by atoms with Crippen LogP contribution >= 0.6 is 11.6 Å². The quantitative estimate of drug-likeness (QED) is 0.330. The van der Waals surface area contributed by atoms with E-state index in [0.717, 1.165) is 22.8 Å². The number of phenols is 1. The lowest BCUT2D eigenvalue weighted by molar-refractivity contribution is -0.131. The number of hydrogen-bond donors (Lipinski definition) is 2. The Balaban J connectivity index is 1.54. The predicted molar refractivity (Wildman–Crippen MR) is 136 cm³/mol. The fraction of sp³-hybridized carbons (Fsp3) is 0.148. The van der Waals surface area contributed by atoms with Gasteiger partial charge in [0.05, 0.1) is 6.10 Å². The summed E-state index contributed by atoms with van der Waals surface area (Å²) in [4.78, 5) is 10.8. The van der Waals surface area contributed by atoms with E-state index in [1.807, 2.05) is 12.1 Å². The van der Waals surface area contributed by atoms with Gasteiger partial charge in [-0.25, -0.2) is 4.79 Å². The molecule has 0 unspecified atom stereocenters. The average molecular weight is 525 g/mol. The third kappa shape index (κ3) is 4.75. The van der Waals surface area contributed by atoms with E-state index in [1.54, 1.807) is 48.5 Å². The highest BCUT2D eigenvalue weighted by atomic mass is 35.5. The molecule has 3 atom stereocenters. The molecular weight excluding hydrogens is 504 g/mol. The van der Waals surface area contributed by atoms with E-state index in [4.69, 9.17) is 25.6 Å². The molecule has 0 amide bonds. The Bertz CT molecular complexity index is 1480. The van der Waals surface area contributed by atoms with Crippen LogP contribution < -0.4 is 4.18 Å². The number of benzene rings is 3. The molecular formula is C27H21ClO7S. The van der Waals surface area contributed by atoms with Crippen LogP contribution in [0, 0.1) is 0 Å². The molecule has 0 aromatic heterocycles. The van der Waals surface area contributed by atoms with Gasteiger partial charge in [-0.1, -0.05) is 54.1 Å². The highest BCUT2D eigenvalue weighted by molar-refractivity contribution is 7.87. The van der Waals surface area contributed by atoms with Crippen molar-refractivity contribution in [2.45, 2.75) is 23.9 Å². The Labute approximate surface area is 213 Å². The summed E-state index contributed by atoms with van der Waals surface area (Å²) >= 11 is 5.99. The molecule has 3 aromatic carbocycles. The zero-order valence-electron chi connectivity index (χ0n) is 18.7. The number of aromatic hydroxyl groups is 1. The zero-order chi connectivity index (χ0) is 25.4. The molecule has 2 aliphatic rings. The Kier molecular flexibility index (Phi) is 6.34. The lowest BCUT2D eigenvalue weighted by atomic mass is 9.83. The van der Waals surface area contributed by atoms with Gasteiger partial charge in [0.15, 0.2) is 0 Å². The molecule has 1 saturated heterocycles. The predicted octanol–water partition coefficient (Wildman–Crippen LogP) is 5.00. The molecule has 0 radical (unpaired) electrons. The smallest absolute Gasteiger partial charge is 0.328 e. The van der Waals surface area contributed by atoms with Crippen LogP contribution in [0.2, 0.25) is 5.02 Å². The number of halogens is 1. The van der Waals surface area contributed by atoms with Crippen molar-refractivity contribution in [1.29, 1.82) is 0 Å². The van der Waals surface area contributed by atoms with Crippen molar-refractivity contribution in [1.82, 2.24) is 0 Å². The van der Waals surface area contributed by atoms with Crippen LogP contribution in [0.4, 0.5) is 0 Å². The number of carboxylic acids is 1. The van der Waals surface area contributed by atoms with Gasteiger partial charge >= 0.3 is 16.1 Å². The molecule has 2 N–H and O–H groups in total. The first-order valence-electron chi connectivity index (χ1n) is 11.1. The summed E-state index contributed by atoms with van der Waals surface area (Å²) in [5.41, 5.74) is 3.82. The Morgan fingerprint density at radius 2 is 1.67 bits per heavy atom. The Morgan fingerprint density at radius 3 is 2.33 bits per heavy atom. The van der Waals surface area contributed by atoms with E-state index < -0.39 is 33.5 Å². The molecule has 184 valence electrons. The van der Waals surface area contributed by atoms with Crippen LogP contribution in [0.5, 0.6) is 11.5 Å². The zero-order valence-corrected chi connectivity index (χ0v) is 20.3. The van der Waals surface area contributed by atoms with Crippen molar-refractivity contribution >= 4 is 44.9 Å². The topological polar surface area (TPSA) is 110 Å². The Morgan fingerprint density at radius 1 is 1.00 bits per heavy atom. The first-order chi connectivity index (χ1) is 17.2. The summed E-state index contributed by atoms with van der Waals surface area (Å²) in [6.07, 6.45) is 1.48. The van der Waals surface area contributed by atoms with Crippen molar-refractivity contribution < 1.29 is 32.3 Å². The van der Waals surface area contributed by atoms with Gasteiger partial charge < -0.3 is 19.1 Å². The van der Waals surface area contributed by atoms with Gasteiger partial charge in [0.25, 0.3) is 0 Å². The van der Waals surface area contributed by atoms with E-state index in [2.05, 4.69) is 0 Å². The molecule has 1 fully saturated rings. The second-order valence-corrected chi connectivity index (χ2v) is 10.7. The fourth-order valence-electron chi connectivity index (χ4n) is 4.65. The van der Waals surface area contributed by atoms with E-state index >= 15 is 0 Å². The minimum Gasteiger partial charge on any atom is -0.508 e. The molecule has 3 aromatic rings. The summed E-state index contributed by atoms with van der Waals surface area (Å²) < 4.78 is 38.2. The van der Waals surface area contributed by atoms with Crippen molar-refractivity contribution in [3.63, 3.8) is 0 Å². The maximum absolute atomic E-state index is 13.3. The molecule has 9 heteroatoms. The lowest BCUT2D eigenvalue weighted by Crippen LogP contribution is -2.35. The lowest BCUT2D eigenvalue weighted by Gasteiger charge is -2.24. The van der Waals surface area contributed by atoms with Gasteiger partial charge in [-0.15, -0.1) is 0 Å². The minimum absolute atomic E-state index is 0.120. The van der Waals surface area contributed by atoms with Crippen LogP contribution in [0.25, 0.3) is 17.2 Å². The van der Waals surface area contributed by atoms with E-state index in [-0.39, 0.29) is 17.9 Å². The van der Waals surface area contributed by atoms with Crippen molar-refractivity contribution in [2.75, 3.05) is 0 Å². The molecule has 2 heterocycles. The largest absolute Gasteiger partial charge is 0.508 e. The number of aliphatic carboxylic acids is 1. The summed E-state index contributed by atoms with van der Waals surface area (Å²) in [5, 5.41) is 18.0. The summed E-state index contributed by atoms with van der Waals surface area (Å²) in [6, 6.07) is 20.0. The molecule has 7 nitrogen and oxygen atoms in total. The number of rotatable bonds is 7. The highest BCUT2D eigenvalue weighted by Gasteiger charge is 2.53. The fourth-order valence-corrected chi connectivity index (χ4v) is 6.24. The van der Waals surface area contributed by atoms with Gasteiger partial charge in [0.1, 0.15) is 22.9 Å². The Hall–Kier alpha value is -3.59.